The van der Waals surface area contributed by atoms with Crippen LogP contribution in [-0.2, 0) is 20.7 Å². The third-order valence-electron chi connectivity index (χ3n) is 5.95. The summed E-state index contributed by atoms with van der Waals surface area (Å²) in [7, 11) is 1.54. The molecule has 1 unspecified atom stereocenters. The Labute approximate surface area is 198 Å². The van der Waals surface area contributed by atoms with E-state index in [1.807, 2.05) is 49.4 Å². The van der Waals surface area contributed by atoms with E-state index in [2.05, 4.69) is 17.4 Å². The molecule has 0 saturated heterocycles. The molecular formula is C27H27NO6. The van der Waals surface area contributed by atoms with Crippen LogP contribution in [0.15, 0.2) is 66.7 Å². The zero-order valence-electron chi connectivity index (χ0n) is 19.1. The molecule has 34 heavy (non-hydrogen) atoms. The normalized spacial score (nSPS) is 13.0. The lowest BCUT2D eigenvalue weighted by Gasteiger charge is -2.18. The number of carbonyl (C=O) groups excluding carboxylic acids is 1. The predicted octanol–water partition coefficient (Wildman–Crippen LogP) is 4.51. The molecule has 1 amide bonds. The van der Waals surface area contributed by atoms with Crippen molar-refractivity contribution in [2.75, 3.05) is 20.5 Å². The van der Waals surface area contributed by atoms with Gasteiger partial charge in [0.25, 0.3) is 0 Å². The lowest BCUT2D eigenvalue weighted by Crippen LogP contribution is -2.42. The first-order valence-corrected chi connectivity index (χ1v) is 11.0. The summed E-state index contributed by atoms with van der Waals surface area (Å²) in [6.45, 7) is 2.11. The number of alkyl carbamates (subject to hydrolysis) is 1. The zero-order valence-corrected chi connectivity index (χ0v) is 19.1. The van der Waals surface area contributed by atoms with Crippen molar-refractivity contribution in [2.45, 2.75) is 25.3 Å². The smallest absolute Gasteiger partial charge is 0.407 e. The molecule has 1 aliphatic rings. The first-order chi connectivity index (χ1) is 16.5. The van der Waals surface area contributed by atoms with Gasteiger partial charge in [0.15, 0.2) is 6.79 Å². The maximum atomic E-state index is 12.5. The lowest BCUT2D eigenvalue weighted by molar-refractivity contribution is -0.139. The van der Waals surface area contributed by atoms with Crippen LogP contribution in [0.1, 0.15) is 28.2 Å². The van der Waals surface area contributed by atoms with Crippen LogP contribution in [0.2, 0.25) is 0 Å². The predicted molar refractivity (Wildman–Crippen MR) is 127 cm³/mol. The molecule has 0 bridgehead atoms. The molecule has 0 saturated carbocycles. The Kier molecular flexibility index (Phi) is 7.13. The first kappa shape index (κ1) is 23.3. The van der Waals surface area contributed by atoms with Crippen molar-refractivity contribution in [3.63, 3.8) is 0 Å². The summed E-state index contributed by atoms with van der Waals surface area (Å²) in [6, 6.07) is 20.3. The highest BCUT2D eigenvalue weighted by molar-refractivity contribution is 5.81. The van der Waals surface area contributed by atoms with Gasteiger partial charge in [-0.2, -0.15) is 0 Å². The number of nitrogens with one attached hydrogen (secondary N) is 1. The van der Waals surface area contributed by atoms with E-state index in [0.717, 1.165) is 33.4 Å². The van der Waals surface area contributed by atoms with Crippen molar-refractivity contribution >= 4 is 12.1 Å². The van der Waals surface area contributed by atoms with E-state index in [4.69, 9.17) is 14.2 Å². The van der Waals surface area contributed by atoms with E-state index in [-0.39, 0.29) is 25.7 Å². The molecule has 4 rings (SSSR count). The van der Waals surface area contributed by atoms with Crippen LogP contribution >= 0.6 is 0 Å². The Bertz CT molecular complexity index is 1150. The van der Waals surface area contributed by atoms with E-state index >= 15 is 0 Å². The van der Waals surface area contributed by atoms with Gasteiger partial charge in [-0.25, -0.2) is 9.59 Å². The van der Waals surface area contributed by atoms with Crippen LogP contribution in [-0.4, -0.2) is 43.7 Å². The van der Waals surface area contributed by atoms with E-state index in [1.165, 1.54) is 7.11 Å². The highest BCUT2D eigenvalue weighted by Gasteiger charge is 2.29. The molecular weight excluding hydrogens is 434 g/mol. The largest absolute Gasteiger partial charge is 0.480 e. The van der Waals surface area contributed by atoms with Crippen LogP contribution < -0.4 is 10.1 Å². The Balaban J connectivity index is 1.40. The molecule has 176 valence electrons. The fourth-order valence-corrected chi connectivity index (χ4v) is 4.34. The van der Waals surface area contributed by atoms with Gasteiger partial charge < -0.3 is 24.6 Å². The summed E-state index contributed by atoms with van der Waals surface area (Å²) >= 11 is 0. The van der Waals surface area contributed by atoms with Crippen LogP contribution in [0.25, 0.3) is 11.1 Å². The SMILES string of the molecule is COCOc1ccc(CC(NC(=O)OCC2c3ccccc3-c3ccccc32)C(=O)O)cc1C. The van der Waals surface area contributed by atoms with Crippen molar-refractivity contribution in [3.8, 4) is 16.9 Å². The van der Waals surface area contributed by atoms with Crippen molar-refractivity contribution in [1.29, 1.82) is 0 Å². The summed E-state index contributed by atoms with van der Waals surface area (Å²) in [6.07, 6.45) is -0.642. The summed E-state index contributed by atoms with van der Waals surface area (Å²) in [5, 5.41) is 12.1. The maximum Gasteiger partial charge on any atom is 0.407 e. The maximum absolute atomic E-state index is 12.5. The van der Waals surface area contributed by atoms with Gasteiger partial charge in [-0.1, -0.05) is 60.7 Å². The number of hydrogen-bond donors (Lipinski definition) is 2. The van der Waals surface area contributed by atoms with Gasteiger partial charge in [-0.3, -0.25) is 0 Å². The van der Waals surface area contributed by atoms with Crippen molar-refractivity contribution in [1.82, 2.24) is 5.32 Å². The van der Waals surface area contributed by atoms with Crippen LogP contribution in [0.5, 0.6) is 5.75 Å². The number of carboxylic acids is 1. The Morgan fingerprint density at radius 2 is 1.65 bits per heavy atom. The lowest BCUT2D eigenvalue weighted by atomic mass is 9.98. The Morgan fingerprint density at radius 1 is 1.00 bits per heavy atom. The van der Waals surface area contributed by atoms with E-state index in [0.29, 0.717) is 5.75 Å². The van der Waals surface area contributed by atoms with Gasteiger partial charge in [-0.15, -0.1) is 0 Å². The van der Waals surface area contributed by atoms with E-state index in [9.17, 15) is 14.7 Å². The Hall–Kier alpha value is -3.84. The van der Waals surface area contributed by atoms with Gasteiger partial charge in [0, 0.05) is 19.4 Å². The van der Waals surface area contributed by atoms with Gasteiger partial charge in [0.05, 0.1) is 0 Å². The minimum atomic E-state index is -1.13. The monoisotopic (exact) mass is 461 g/mol. The van der Waals surface area contributed by atoms with E-state index < -0.39 is 18.1 Å². The fourth-order valence-electron chi connectivity index (χ4n) is 4.34. The zero-order chi connectivity index (χ0) is 24.1. The molecule has 0 aromatic heterocycles. The van der Waals surface area contributed by atoms with Crippen LogP contribution in [0.4, 0.5) is 4.79 Å². The number of benzene rings is 3. The molecule has 1 aliphatic carbocycles. The summed E-state index contributed by atoms with van der Waals surface area (Å²) < 4.78 is 15.9. The molecule has 3 aromatic carbocycles. The minimum Gasteiger partial charge on any atom is -0.480 e. The van der Waals surface area contributed by atoms with Crippen LogP contribution in [0, 0.1) is 6.92 Å². The molecule has 7 heteroatoms. The van der Waals surface area contributed by atoms with Crippen molar-refractivity contribution in [3.05, 3.63) is 89.0 Å². The molecule has 0 aliphatic heterocycles. The molecule has 0 heterocycles. The second kappa shape index (κ2) is 10.4. The number of carbonyl (C=O) groups is 2. The summed E-state index contributed by atoms with van der Waals surface area (Å²) in [5.74, 6) is -0.573. The highest BCUT2D eigenvalue weighted by Crippen LogP contribution is 2.44. The second-order valence-electron chi connectivity index (χ2n) is 8.22. The van der Waals surface area contributed by atoms with Gasteiger partial charge in [0.1, 0.15) is 18.4 Å². The standard InChI is InChI=1S/C27H27NO6/c1-17-13-18(11-12-25(17)34-16-32-2)14-24(26(29)30)28-27(31)33-15-23-21-9-5-3-7-19(21)20-8-4-6-10-22(20)23/h3-13,23-24H,14-16H2,1-2H3,(H,28,31)(H,29,30). The topological polar surface area (TPSA) is 94.1 Å². The molecule has 2 N–H and O–H groups in total. The van der Waals surface area contributed by atoms with Gasteiger partial charge in [0.2, 0.25) is 0 Å². The molecule has 0 fully saturated rings. The third-order valence-corrected chi connectivity index (χ3v) is 5.95. The quantitative estimate of drug-likeness (QED) is 0.456. The van der Waals surface area contributed by atoms with Crippen molar-refractivity contribution < 1.29 is 28.9 Å². The number of aliphatic carboxylic acids is 1. The molecule has 0 radical (unpaired) electrons. The number of ether oxygens (including phenoxy) is 3. The second-order valence-corrected chi connectivity index (χ2v) is 8.22. The summed E-state index contributed by atoms with van der Waals surface area (Å²) in [4.78, 5) is 24.3. The fraction of sp³-hybridized carbons (Fsp3) is 0.259. The molecule has 0 spiro atoms. The van der Waals surface area contributed by atoms with Crippen molar-refractivity contribution in [2.24, 2.45) is 0 Å². The van der Waals surface area contributed by atoms with Gasteiger partial charge in [-0.05, 0) is 46.4 Å². The average Bonchev–Trinajstić information content (AvgIpc) is 3.15. The van der Waals surface area contributed by atoms with Gasteiger partial charge >= 0.3 is 12.1 Å². The molecule has 3 aromatic rings. The number of hydrogen-bond acceptors (Lipinski definition) is 5. The minimum absolute atomic E-state index is 0.0938. The number of fused-ring (bicyclic) bond motifs is 3. The number of methoxy groups -OCH3 is 1. The third kappa shape index (κ3) is 5.05. The molecule has 1 atom stereocenters. The van der Waals surface area contributed by atoms with E-state index in [1.54, 1.807) is 12.1 Å². The summed E-state index contributed by atoms with van der Waals surface area (Å²) in [5.41, 5.74) is 6.05. The number of carboxylic acid groups (broad SMARTS) is 1. The first-order valence-electron chi connectivity index (χ1n) is 11.0. The Morgan fingerprint density at radius 3 is 2.24 bits per heavy atom. The molecule has 7 nitrogen and oxygen atoms in total. The van der Waals surface area contributed by atoms with Crippen LogP contribution in [0.3, 0.4) is 0 Å². The number of amides is 1. The highest BCUT2D eigenvalue weighted by atomic mass is 16.7. The average molecular weight is 462 g/mol. The number of aryl methyl sites for hydroxylation is 1. The number of rotatable bonds is 9.